The largest absolute Gasteiger partial charge is 0.417 e. The van der Waals surface area contributed by atoms with Gasteiger partial charge in [-0.1, -0.05) is 18.2 Å². The Balaban J connectivity index is 1.36. The first-order valence-corrected chi connectivity index (χ1v) is 11.3. The minimum atomic E-state index is -4.63. The number of thiophene rings is 1. The van der Waals surface area contributed by atoms with Gasteiger partial charge in [-0.05, 0) is 47.8 Å². The smallest absolute Gasteiger partial charge is 0.335 e. The van der Waals surface area contributed by atoms with Crippen LogP contribution in [0.4, 0.5) is 18.9 Å². The van der Waals surface area contributed by atoms with E-state index in [0.29, 0.717) is 16.1 Å². The molecule has 0 saturated carbocycles. The number of alkyl halides is 3. The molecule has 1 fully saturated rings. The molecule has 3 aromatic rings. The van der Waals surface area contributed by atoms with Gasteiger partial charge in [-0.3, -0.25) is 14.4 Å². The molecule has 0 radical (unpaired) electrons. The van der Waals surface area contributed by atoms with Gasteiger partial charge in [0.1, 0.15) is 0 Å². The van der Waals surface area contributed by atoms with Crippen molar-refractivity contribution >= 4 is 34.7 Å². The highest BCUT2D eigenvalue weighted by molar-refractivity contribution is 7.12. The third-order valence-corrected chi connectivity index (χ3v) is 6.32. The normalized spacial score (nSPS) is 14.1. The molecule has 1 N–H and O–H groups in total. The number of carbonyl (C=O) groups excluding carboxylic acids is 3. The number of nitrogens with zero attached hydrogens (tertiary/aromatic N) is 2. The minimum Gasteiger partial charge on any atom is -0.335 e. The Hall–Kier alpha value is -3.66. The lowest BCUT2D eigenvalue weighted by Gasteiger charge is -2.35. The molecule has 2 aromatic carbocycles. The molecule has 2 heterocycles. The zero-order valence-electron chi connectivity index (χ0n) is 17.8. The Kier molecular flexibility index (Phi) is 6.69. The van der Waals surface area contributed by atoms with Crippen LogP contribution < -0.4 is 5.32 Å². The third kappa shape index (κ3) is 5.12. The SMILES string of the molecule is O=C(Nc1ccc(C(=O)N2CCN(C(=O)c3ccccc3C(F)(F)F)CC2)cc1)c1cccs1. The molecule has 176 valence electrons. The van der Waals surface area contributed by atoms with Crippen LogP contribution in [0.3, 0.4) is 0 Å². The maximum atomic E-state index is 13.3. The van der Waals surface area contributed by atoms with Crippen molar-refractivity contribution in [1.29, 1.82) is 0 Å². The summed E-state index contributed by atoms with van der Waals surface area (Å²) in [6, 6.07) is 14.7. The van der Waals surface area contributed by atoms with Crippen molar-refractivity contribution in [2.75, 3.05) is 31.5 Å². The van der Waals surface area contributed by atoms with Crippen LogP contribution in [0.25, 0.3) is 0 Å². The Morgan fingerprint density at radius 1 is 0.794 bits per heavy atom. The first kappa shape index (κ1) is 23.5. The Morgan fingerprint density at radius 2 is 1.41 bits per heavy atom. The quantitative estimate of drug-likeness (QED) is 0.584. The van der Waals surface area contributed by atoms with Crippen LogP contribution in [0.5, 0.6) is 0 Å². The standard InChI is InChI=1S/C24H20F3N3O3S/c25-24(26,27)19-5-2-1-4-18(19)23(33)30-13-11-29(12-14-30)22(32)16-7-9-17(10-8-16)28-21(31)20-6-3-15-34-20/h1-10,15H,11-14H2,(H,28,31). The minimum absolute atomic E-state index is 0.131. The molecule has 0 spiro atoms. The summed E-state index contributed by atoms with van der Waals surface area (Å²) in [6.07, 6.45) is -4.63. The Bertz CT molecular complexity index is 1190. The fourth-order valence-corrected chi connectivity index (χ4v) is 4.30. The highest BCUT2D eigenvalue weighted by atomic mass is 32.1. The number of nitrogens with one attached hydrogen (secondary N) is 1. The average Bonchev–Trinajstić information content (AvgIpc) is 3.39. The maximum Gasteiger partial charge on any atom is 0.417 e. The van der Waals surface area contributed by atoms with E-state index in [0.717, 1.165) is 6.07 Å². The van der Waals surface area contributed by atoms with E-state index in [-0.39, 0.29) is 38.0 Å². The number of amides is 3. The van der Waals surface area contributed by atoms with E-state index >= 15 is 0 Å². The number of rotatable bonds is 4. The van der Waals surface area contributed by atoms with Gasteiger partial charge in [0.25, 0.3) is 17.7 Å². The molecular weight excluding hydrogens is 467 g/mol. The predicted molar refractivity (Wildman–Crippen MR) is 122 cm³/mol. The number of hydrogen-bond donors (Lipinski definition) is 1. The van der Waals surface area contributed by atoms with Gasteiger partial charge in [0.15, 0.2) is 0 Å². The lowest BCUT2D eigenvalue weighted by Crippen LogP contribution is -2.50. The molecule has 10 heteroatoms. The number of hydrogen-bond acceptors (Lipinski definition) is 4. The van der Waals surface area contributed by atoms with Gasteiger partial charge in [-0.15, -0.1) is 11.3 Å². The van der Waals surface area contributed by atoms with E-state index in [2.05, 4.69) is 5.32 Å². The lowest BCUT2D eigenvalue weighted by molar-refractivity contribution is -0.138. The second-order valence-corrected chi connectivity index (χ2v) is 8.58. The summed E-state index contributed by atoms with van der Waals surface area (Å²) < 4.78 is 39.8. The van der Waals surface area contributed by atoms with E-state index in [9.17, 15) is 27.6 Å². The van der Waals surface area contributed by atoms with Crippen LogP contribution >= 0.6 is 11.3 Å². The molecule has 1 saturated heterocycles. The molecule has 1 aliphatic rings. The van der Waals surface area contributed by atoms with E-state index < -0.39 is 23.2 Å². The first-order valence-electron chi connectivity index (χ1n) is 10.4. The van der Waals surface area contributed by atoms with Crippen LogP contribution in [0, 0.1) is 0 Å². The van der Waals surface area contributed by atoms with Crippen molar-refractivity contribution in [2.24, 2.45) is 0 Å². The molecule has 4 rings (SSSR count). The highest BCUT2D eigenvalue weighted by Crippen LogP contribution is 2.32. The zero-order chi connectivity index (χ0) is 24.3. The topological polar surface area (TPSA) is 69.7 Å². The summed E-state index contributed by atoms with van der Waals surface area (Å²) >= 11 is 1.32. The van der Waals surface area contributed by atoms with E-state index in [4.69, 9.17) is 0 Å². The second kappa shape index (κ2) is 9.68. The third-order valence-electron chi connectivity index (χ3n) is 5.45. The number of carbonyl (C=O) groups is 3. The van der Waals surface area contributed by atoms with Gasteiger partial charge in [-0.25, -0.2) is 0 Å². The molecule has 3 amide bonds. The summed E-state index contributed by atoms with van der Waals surface area (Å²) in [6.45, 7) is 0.669. The molecule has 0 bridgehead atoms. The Labute approximate surface area is 197 Å². The predicted octanol–water partition coefficient (Wildman–Crippen LogP) is 4.62. The van der Waals surface area contributed by atoms with Crippen molar-refractivity contribution in [3.8, 4) is 0 Å². The van der Waals surface area contributed by atoms with Crippen molar-refractivity contribution in [1.82, 2.24) is 9.80 Å². The number of piperazine rings is 1. The van der Waals surface area contributed by atoms with E-state index in [1.807, 2.05) is 0 Å². The highest BCUT2D eigenvalue weighted by Gasteiger charge is 2.36. The van der Waals surface area contributed by atoms with Gasteiger partial charge in [-0.2, -0.15) is 13.2 Å². The van der Waals surface area contributed by atoms with Crippen molar-refractivity contribution < 1.29 is 27.6 Å². The fraction of sp³-hybridized carbons (Fsp3) is 0.208. The monoisotopic (exact) mass is 487 g/mol. The van der Waals surface area contributed by atoms with Crippen LogP contribution in [0.1, 0.15) is 36.0 Å². The number of benzene rings is 2. The number of halogens is 3. The van der Waals surface area contributed by atoms with E-state index in [1.54, 1.807) is 46.7 Å². The number of anilines is 1. The van der Waals surface area contributed by atoms with Gasteiger partial charge in [0.05, 0.1) is 16.0 Å². The molecule has 0 atom stereocenters. The molecule has 0 unspecified atom stereocenters. The van der Waals surface area contributed by atoms with Crippen molar-refractivity contribution in [3.05, 3.63) is 87.6 Å². The van der Waals surface area contributed by atoms with Crippen LogP contribution in [0.15, 0.2) is 66.0 Å². The van der Waals surface area contributed by atoms with Gasteiger partial charge in [0, 0.05) is 37.4 Å². The molecule has 34 heavy (non-hydrogen) atoms. The summed E-state index contributed by atoms with van der Waals surface area (Å²) in [5.41, 5.74) is -0.398. The first-order chi connectivity index (χ1) is 16.2. The van der Waals surface area contributed by atoms with Crippen LogP contribution in [-0.4, -0.2) is 53.7 Å². The van der Waals surface area contributed by atoms with Crippen molar-refractivity contribution in [2.45, 2.75) is 6.18 Å². The van der Waals surface area contributed by atoms with Gasteiger partial charge < -0.3 is 15.1 Å². The van der Waals surface area contributed by atoms with Crippen molar-refractivity contribution in [3.63, 3.8) is 0 Å². The maximum absolute atomic E-state index is 13.3. The fourth-order valence-electron chi connectivity index (χ4n) is 3.68. The molecule has 0 aliphatic carbocycles. The summed E-state index contributed by atoms with van der Waals surface area (Å²) in [5.74, 6) is -1.19. The van der Waals surface area contributed by atoms with Gasteiger partial charge >= 0.3 is 6.18 Å². The van der Waals surface area contributed by atoms with E-state index in [1.165, 1.54) is 34.4 Å². The molecule has 6 nitrogen and oxygen atoms in total. The second-order valence-electron chi connectivity index (χ2n) is 7.64. The van der Waals surface area contributed by atoms with Crippen LogP contribution in [-0.2, 0) is 6.18 Å². The van der Waals surface area contributed by atoms with Crippen LogP contribution in [0.2, 0.25) is 0 Å². The lowest BCUT2D eigenvalue weighted by atomic mass is 10.1. The summed E-state index contributed by atoms with van der Waals surface area (Å²) in [7, 11) is 0. The average molecular weight is 488 g/mol. The summed E-state index contributed by atoms with van der Waals surface area (Å²) in [5, 5.41) is 4.57. The van der Waals surface area contributed by atoms with Gasteiger partial charge in [0.2, 0.25) is 0 Å². The molecule has 1 aromatic heterocycles. The molecular formula is C24H20F3N3O3S. The summed E-state index contributed by atoms with van der Waals surface area (Å²) in [4.78, 5) is 41.1. The molecule has 1 aliphatic heterocycles. The Morgan fingerprint density at radius 3 is 2.00 bits per heavy atom. The zero-order valence-corrected chi connectivity index (χ0v) is 18.7.